The molecule has 4 nitrogen and oxygen atoms in total. The van der Waals surface area contributed by atoms with Gasteiger partial charge in [0.2, 0.25) is 0 Å². The number of carbonyl (C=O) groups excluding carboxylic acids is 1. The molecule has 1 aromatic heterocycles. The van der Waals surface area contributed by atoms with E-state index in [9.17, 15) is 4.79 Å². The van der Waals surface area contributed by atoms with Crippen molar-refractivity contribution in [2.75, 3.05) is 12.4 Å². The van der Waals surface area contributed by atoms with E-state index in [1.807, 2.05) is 13.1 Å². The van der Waals surface area contributed by atoms with Crippen molar-refractivity contribution in [1.82, 2.24) is 10.3 Å². The first-order chi connectivity index (χ1) is 9.11. The van der Waals surface area contributed by atoms with Gasteiger partial charge in [0.25, 0.3) is 5.91 Å². The fourth-order valence-corrected chi connectivity index (χ4v) is 2.47. The van der Waals surface area contributed by atoms with Crippen molar-refractivity contribution >= 4 is 34.5 Å². The van der Waals surface area contributed by atoms with Gasteiger partial charge < -0.3 is 10.6 Å². The van der Waals surface area contributed by atoms with E-state index in [-0.39, 0.29) is 11.9 Å². The van der Waals surface area contributed by atoms with E-state index >= 15 is 0 Å². The quantitative estimate of drug-likeness (QED) is 0.910. The summed E-state index contributed by atoms with van der Waals surface area (Å²) in [5.41, 5.74) is 3.10. The van der Waals surface area contributed by atoms with Crippen LogP contribution in [0, 0.1) is 0 Å². The topological polar surface area (TPSA) is 54.0 Å². The van der Waals surface area contributed by atoms with E-state index in [4.69, 9.17) is 11.6 Å². The van der Waals surface area contributed by atoms with Crippen molar-refractivity contribution in [2.24, 2.45) is 0 Å². The van der Waals surface area contributed by atoms with Crippen molar-refractivity contribution in [3.8, 4) is 0 Å². The summed E-state index contributed by atoms with van der Waals surface area (Å²) in [7, 11) is 1.60. The summed E-state index contributed by atoms with van der Waals surface area (Å²) in [6, 6.07) is 5.25. The van der Waals surface area contributed by atoms with Crippen LogP contribution in [0.5, 0.6) is 0 Å². The van der Waals surface area contributed by atoms with Crippen molar-refractivity contribution in [1.29, 1.82) is 0 Å². The molecule has 0 saturated carbocycles. The fourth-order valence-electron chi connectivity index (χ4n) is 1.67. The van der Waals surface area contributed by atoms with Gasteiger partial charge in [-0.15, -0.1) is 11.3 Å². The average Bonchev–Trinajstić information content (AvgIpc) is 2.94. The summed E-state index contributed by atoms with van der Waals surface area (Å²) >= 11 is 7.72. The molecular weight excluding hydrogens is 282 g/mol. The Morgan fingerprint density at radius 1 is 1.47 bits per heavy atom. The highest BCUT2D eigenvalue weighted by Crippen LogP contribution is 2.28. The Hall–Kier alpha value is -1.59. The molecule has 1 atom stereocenters. The molecule has 0 aliphatic carbocycles. The summed E-state index contributed by atoms with van der Waals surface area (Å²) in [6.07, 6.45) is 1.82. The molecule has 1 amide bonds. The van der Waals surface area contributed by atoms with E-state index in [0.717, 1.165) is 10.6 Å². The number of halogens is 1. The number of aromatic nitrogens is 1. The summed E-state index contributed by atoms with van der Waals surface area (Å²) in [6.45, 7) is 2.02. The zero-order chi connectivity index (χ0) is 13.8. The second-order valence-corrected chi connectivity index (χ2v) is 5.37. The smallest absolute Gasteiger partial charge is 0.251 e. The van der Waals surface area contributed by atoms with Gasteiger partial charge in [-0.25, -0.2) is 0 Å². The van der Waals surface area contributed by atoms with E-state index in [1.165, 1.54) is 0 Å². The van der Waals surface area contributed by atoms with Crippen LogP contribution in [0.4, 0.5) is 5.69 Å². The molecule has 1 aromatic carbocycles. The summed E-state index contributed by atoms with van der Waals surface area (Å²) in [5.74, 6) is -0.134. The van der Waals surface area contributed by atoms with Crippen LogP contribution in [0.3, 0.4) is 0 Å². The number of anilines is 1. The Balaban J connectivity index is 2.22. The van der Waals surface area contributed by atoms with E-state index in [0.29, 0.717) is 10.6 Å². The summed E-state index contributed by atoms with van der Waals surface area (Å²) < 4.78 is 0. The number of rotatable bonds is 4. The lowest BCUT2D eigenvalue weighted by Gasteiger charge is -2.15. The number of benzene rings is 1. The average molecular weight is 296 g/mol. The van der Waals surface area contributed by atoms with Gasteiger partial charge in [0, 0.05) is 23.7 Å². The second kappa shape index (κ2) is 6.04. The van der Waals surface area contributed by atoms with Gasteiger partial charge in [0.15, 0.2) is 0 Å². The number of amides is 1. The molecule has 1 heterocycles. The molecule has 100 valence electrons. The lowest BCUT2D eigenvalue weighted by Crippen LogP contribution is -2.18. The van der Waals surface area contributed by atoms with E-state index in [2.05, 4.69) is 15.6 Å². The second-order valence-electron chi connectivity index (χ2n) is 4.04. The minimum Gasteiger partial charge on any atom is -0.376 e. The third-order valence-corrected chi connectivity index (χ3v) is 3.99. The maximum Gasteiger partial charge on any atom is 0.251 e. The van der Waals surface area contributed by atoms with E-state index < -0.39 is 0 Å². The molecule has 6 heteroatoms. The van der Waals surface area contributed by atoms with Crippen LogP contribution in [0.2, 0.25) is 5.02 Å². The highest BCUT2D eigenvalue weighted by Gasteiger charge is 2.11. The predicted octanol–water partition coefficient (Wildman–Crippen LogP) is 3.33. The number of hydrogen-bond acceptors (Lipinski definition) is 4. The SMILES string of the molecule is CNC(=O)c1ccc(Cl)c(NC(C)c2cncs2)c1. The minimum absolute atomic E-state index is 0.0879. The van der Waals surface area contributed by atoms with Crippen molar-refractivity contribution in [2.45, 2.75) is 13.0 Å². The fraction of sp³-hybridized carbons (Fsp3) is 0.231. The molecule has 0 aliphatic heterocycles. The summed E-state index contributed by atoms with van der Waals surface area (Å²) in [4.78, 5) is 16.8. The van der Waals surface area contributed by atoms with Gasteiger partial charge in [-0.3, -0.25) is 9.78 Å². The molecular formula is C13H14ClN3OS. The van der Waals surface area contributed by atoms with Crippen LogP contribution in [-0.4, -0.2) is 17.9 Å². The van der Waals surface area contributed by atoms with Crippen LogP contribution in [0.25, 0.3) is 0 Å². The van der Waals surface area contributed by atoms with Crippen LogP contribution in [-0.2, 0) is 0 Å². The lowest BCUT2D eigenvalue weighted by atomic mass is 10.1. The van der Waals surface area contributed by atoms with Crippen LogP contribution < -0.4 is 10.6 Å². The Bertz CT molecular complexity index is 571. The van der Waals surface area contributed by atoms with E-state index in [1.54, 1.807) is 42.1 Å². The minimum atomic E-state index is -0.134. The normalized spacial score (nSPS) is 11.9. The van der Waals surface area contributed by atoms with Crippen molar-refractivity contribution in [3.05, 3.63) is 45.4 Å². The molecule has 1 unspecified atom stereocenters. The third kappa shape index (κ3) is 3.24. The van der Waals surface area contributed by atoms with Gasteiger partial charge >= 0.3 is 0 Å². The zero-order valence-electron chi connectivity index (χ0n) is 10.6. The highest BCUT2D eigenvalue weighted by atomic mass is 35.5. The lowest BCUT2D eigenvalue weighted by molar-refractivity contribution is 0.0963. The van der Waals surface area contributed by atoms with Crippen LogP contribution in [0.15, 0.2) is 29.9 Å². The van der Waals surface area contributed by atoms with Crippen LogP contribution in [0.1, 0.15) is 28.2 Å². The maximum absolute atomic E-state index is 11.6. The monoisotopic (exact) mass is 295 g/mol. The van der Waals surface area contributed by atoms with Crippen LogP contribution >= 0.6 is 22.9 Å². The molecule has 0 spiro atoms. The summed E-state index contributed by atoms with van der Waals surface area (Å²) in [5, 5.41) is 6.47. The largest absolute Gasteiger partial charge is 0.376 e. The molecule has 0 fully saturated rings. The molecule has 0 saturated heterocycles. The van der Waals surface area contributed by atoms with Crippen molar-refractivity contribution < 1.29 is 4.79 Å². The number of nitrogens with one attached hydrogen (secondary N) is 2. The van der Waals surface area contributed by atoms with Gasteiger partial charge in [0.1, 0.15) is 0 Å². The molecule has 0 aliphatic rings. The first-order valence-electron chi connectivity index (χ1n) is 5.78. The number of nitrogens with zero attached hydrogens (tertiary/aromatic N) is 1. The molecule has 2 N–H and O–H groups in total. The number of thiazole rings is 1. The predicted molar refractivity (Wildman–Crippen MR) is 79.0 cm³/mol. The number of hydrogen-bond donors (Lipinski definition) is 2. The Morgan fingerprint density at radius 3 is 2.89 bits per heavy atom. The van der Waals surface area contributed by atoms with Gasteiger partial charge in [-0.05, 0) is 25.1 Å². The molecule has 0 bridgehead atoms. The van der Waals surface area contributed by atoms with Gasteiger partial charge in [-0.1, -0.05) is 11.6 Å². The van der Waals surface area contributed by atoms with Gasteiger partial charge in [0.05, 0.1) is 22.3 Å². The molecule has 19 heavy (non-hydrogen) atoms. The molecule has 0 radical (unpaired) electrons. The first kappa shape index (κ1) is 13.8. The number of carbonyl (C=O) groups is 1. The van der Waals surface area contributed by atoms with Crippen molar-refractivity contribution in [3.63, 3.8) is 0 Å². The third-order valence-electron chi connectivity index (χ3n) is 2.71. The Kier molecular flexibility index (Phi) is 4.39. The van der Waals surface area contributed by atoms with Gasteiger partial charge in [-0.2, -0.15) is 0 Å². The first-order valence-corrected chi connectivity index (χ1v) is 7.04. The Labute approximate surface area is 120 Å². The zero-order valence-corrected chi connectivity index (χ0v) is 12.2. The standard InChI is InChI=1S/C13H14ClN3OS/c1-8(12-6-16-7-19-12)17-11-5-9(13(18)15-2)3-4-10(11)14/h3-8,17H,1-2H3,(H,15,18). The highest BCUT2D eigenvalue weighted by molar-refractivity contribution is 7.09. The molecule has 2 aromatic rings. The molecule has 2 rings (SSSR count). The maximum atomic E-state index is 11.6. The Morgan fingerprint density at radius 2 is 2.26 bits per heavy atom.